The van der Waals surface area contributed by atoms with Crippen molar-refractivity contribution >= 4 is 16.9 Å². The summed E-state index contributed by atoms with van der Waals surface area (Å²) in [5.41, 5.74) is 3.72. The summed E-state index contributed by atoms with van der Waals surface area (Å²) in [7, 11) is 0. The molecule has 0 aliphatic carbocycles. The number of fused-ring (bicyclic) bond motifs is 1. The topological polar surface area (TPSA) is 81.7 Å². The second-order valence-electron chi connectivity index (χ2n) is 8.00. The summed E-state index contributed by atoms with van der Waals surface area (Å²) in [4.78, 5) is 20.1. The van der Waals surface area contributed by atoms with E-state index in [0.717, 1.165) is 49.4 Å². The zero-order valence-corrected chi connectivity index (χ0v) is 17.6. The van der Waals surface area contributed by atoms with Crippen LogP contribution in [0.15, 0.2) is 54.9 Å². The molecule has 4 aromatic rings. The molecule has 31 heavy (non-hydrogen) atoms. The molecule has 5 rings (SSSR count). The van der Waals surface area contributed by atoms with Crippen molar-refractivity contribution in [3.05, 3.63) is 66.2 Å². The summed E-state index contributed by atoms with van der Waals surface area (Å²) in [6.45, 7) is 4.60. The van der Waals surface area contributed by atoms with E-state index >= 15 is 0 Å². The molecule has 8 nitrogen and oxygen atoms in total. The van der Waals surface area contributed by atoms with Gasteiger partial charge in [0.05, 0.1) is 16.7 Å². The van der Waals surface area contributed by atoms with E-state index in [0.29, 0.717) is 12.1 Å². The lowest BCUT2D eigenvalue weighted by atomic mass is 9.96. The van der Waals surface area contributed by atoms with Crippen molar-refractivity contribution in [3.63, 3.8) is 0 Å². The molecule has 0 saturated carbocycles. The Morgan fingerprint density at radius 2 is 1.97 bits per heavy atom. The highest BCUT2D eigenvalue weighted by Crippen LogP contribution is 2.30. The number of benzene rings is 2. The molecule has 2 aromatic carbocycles. The fourth-order valence-electron chi connectivity index (χ4n) is 4.46. The van der Waals surface area contributed by atoms with Crippen LogP contribution in [0.1, 0.15) is 48.3 Å². The number of carbonyl (C=O) groups is 1. The molecule has 3 heterocycles. The molecule has 1 aliphatic rings. The number of nitrogens with zero attached hydrogens (tertiary/aromatic N) is 7. The van der Waals surface area contributed by atoms with E-state index in [1.165, 1.54) is 11.8 Å². The van der Waals surface area contributed by atoms with Crippen molar-refractivity contribution in [2.45, 2.75) is 38.6 Å². The predicted octanol–water partition coefficient (Wildman–Crippen LogP) is 3.44. The van der Waals surface area contributed by atoms with Crippen molar-refractivity contribution in [2.75, 3.05) is 13.1 Å². The van der Waals surface area contributed by atoms with Gasteiger partial charge in [-0.3, -0.25) is 4.79 Å². The van der Waals surface area contributed by atoms with E-state index in [2.05, 4.69) is 45.2 Å². The predicted molar refractivity (Wildman–Crippen MR) is 117 cm³/mol. The van der Waals surface area contributed by atoms with Gasteiger partial charge in [-0.1, -0.05) is 19.1 Å². The summed E-state index contributed by atoms with van der Waals surface area (Å²) < 4.78 is 3.92. The lowest BCUT2D eigenvalue weighted by Gasteiger charge is -2.33. The Labute approximate surface area is 180 Å². The number of likely N-dealkylation sites (tertiary alicyclic amines) is 1. The fraction of sp³-hybridized carbons (Fsp3) is 0.348. The minimum atomic E-state index is 0.0612. The number of imidazole rings is 1. The Hall–Kier alpha value is -3.55. The first-order chi connectivity index (χ1) is 15.2. The Balaban J connectivity index is 1.37. The second-order valence-corrected chi connectivity index (χ2v) is 8.00. The van der Waals surface area contributed by atoms with Gasteiger partial charge in [0.15, 0.2) is 0 Å². The van der Waals surface area contributed by atoms with E-state index in [-0.39, 0.29) is 11.8 Å². The zero-order chi connectivity index (χ0) is 21.2. The van der Waals surface area contributed by atoms with Crippen molar-refractivity contribution < 1.29 is 4.79 Å². The van der Waals surface area contributed by atoms with Gasteiger partial charge in [-0.25, -0.2) is 9.67 Å². The number of hydrogen-bond donors (Lipinski definition) is 0. The Morgan fingerprint density at radius 1 is 1.13 bits per heavy atom. The summed E-state index contributed by atoms with van der Waals surface area (Å²) in [5.74, 6) is 1.41. The van der Waals surface area contributed by atoms with Crippen LogP contribution in [0.4, 0.5) is 0 Å². The molecule has 8 heteroatoms. The quantitative estimate of drug-likeness (QED) is 0.499. The smallest absolute Gasteiger partial charge is 0.253 e. The average molecular weight is 416 g/mol. The van der Waals surface area contributed by atoms with Crippen LogP contribution in [0, 0.1) is 0 Å². The van der Waals surface area contributed by atoms with Gasteiger partial charge in [-0.15, -0.1) is 5.10 Å². The van der Waals surface area contributed by atoms with E-state index in [4.69, 9.17) is 4.98 Å². The van der Waals surface area contributed by atoms with E-state index in [9.17, 15) is 4.79 Å². The third-order valence-corrected chi connectivity index (χ3v) is 5.93. The second kappa shape index (κ2) is 8.29. The minimum Gasteiger partial charge on any atom is -0.338 e. The van der Waals surface area contributed by atoms with Gasteiger partial charge < -0.3 is 9.47 Å². The molecule has 0 bridgehead atoms. The van der Waals surface area contributed by atoms with Crippen molar-refractivity contribution in [2.24, 2.45) is 0 Å². The molecule has 2 aromatic heterocycles. The number of para-hydroxylation sites is 2. The SMILES string of the molecule is CCCn1c(C2CCCN(C(=O)c3ccc(-n4cnnn4)cc3)C2)nc2ccccc21. The van der Waals surface area contributed by atoms with Gasteiger partial charge in [0.2, 0.25) is 0 Å². The lowest BCUT2D eigenvalue weighted by molar-refractivity contribution is 0.0703. The summed E-state index contributed by atoms with van der Waals surface area (Å²) in [6.07, 6.45) is 4.62. The Kier molecular flexibility index (Phi) is 5.19. The number of amides is 1. The largest absolute Gasteiger partial charge is 0.338 e. The molecule has 0 radical (unpaired) electrons. The van der Waals surface area contributed by atoms with Gasteiger partial charge >= 0.3 is 0 Å². The van der Waals surface area contributed by atoms with Crippen molar-refractivity contribution in [1.29, 1.82) is 0 Å². The van der Waals surface area contributed by atoms with E-state index in [1.54, 1.807) is 4.68 Å². The normalized spacial score (nSPS) is 16.7. The Morgan fingerprint density at radius 3 is 2.74 bits per heavy atom. The zero-order valence-electron chi connectivity index (χ0n) is 17.6. The van der Waals surface area contributed by atoms with Crippen LogP contribution in [-0.4, -0.2) is 53.7 Å². The van der Waals surface area contributed by atoms with Crippen LogP contribution in [0.25, 0.3) is 16.7 Å². The van der Waals surface area contributed by atoms with Gasteiger partial charge in [-0.2, -0.15) is 0 Å². The van der Waals surface area contributed by atoms with Gasteiger partial charge in [0.1, 0.15) is 12.2 Å². The van der Waals surface area contributed by atoms with Crippen LogP contribution in [0.2, 0.25) is 0 Å². The molecule has 1 fully saturated rings. The number of carbonyl (C=O) groups excluding carboxylic acids is 1. The molecule has 158 valence electrons. The highest BCUT2D eigenvalue weighted by Gasteiger charge is 2.29. The number of aryl methyl sites for hydroxylation is 1. The summed E-state index contributed by atoms with van der Waals surface area (Å²) >= 11 is 0. The highest BCUT2D eigenvalue weighted by atomic mass is 16.2. The number of piperidine rings is 1. The standard InChI is InChI=1S/C23H25N7O/c1-2-13-29-21-8-4-3-7-20(21)25-22(29)18-6-5-14-28(15-18)23(31)17-9-11-19(12-10-17)30-16-24-26-27-30/h3-4,7-12,16,18H,2,5-6,13-15H2,1H3. The molecule has 1 aliphatic heterocycles. The van der Waals surface area contributed by atoms with Crippen molar-refractivity contribution in [3.8, 4) is 5.69 Å². The number of hydrogen-bond acceptors (Lipinski definition) is 5. The number of aromatic nitrogens is 6. The first-order valence-corrected chi connectivity index (χ1v) is 10.8. The van der Waals surface area contributed by atoms with Gasteiger partial charge in [0.25, 0.3) is 5.91 Å². The maximum Gasteiger partial charge on any atom is 0.253 e. The van der Waals surface area contributed by atoms with Crippen LogP contribution in [-0.2, 0) is 6.54 Å². The first kappa shape index (κ1) is 19.4. The molecule has 0 spiro atoms. The molecule has 1 unspecified atom stereocenters. The molecular formula is C23H25N7O. The number of rotatable bonds is 5. The third-order valence-electron chi connectivity index (χ3n) is 5.93. The van der Waals surface area contributed by atoms with E-state index < -0.39 is 0 Å². The summed E-state index contributed by atoms with van der Waals surface area (Å²) in [5, 5.41) is 11.2. The van der Waals surface area contributed by atoms with Gasteiger partial charge in [0, 0.05) is 31.1 Å². The monoisotopic (exact) mass is 415 g/mol. The third kappa shape index (κ3) is 3.69. The highest BCUT2D eigenvalue weighted by molar-refractivity contribution is 5.94. The van der Waals surface area contributed by atoms with Crippen LogP contribution in [0.3, 0.4) is 0 Å². The Bertz CT molecular complexity index is 1180. The van der Waals surface area contributed by atoms with Crippen LogP contribution in [0.5, 0.6) is 0 Å². The first-order valence-electron chi connectivity index (χ1n) is 10.8. The molecule has 1 amide bonds. The van der Waals surface area contributed by atoms with Gasteiger partial charge in [-0.05, 0) is 66.1 Å². The maximum absolute atomic E-state index is 13.2. The molecule has 1 atom stereocenters. The van der Waals surface area contributed by atoms with Crippen LogP contribution < -0.4 is 0 Å². The van der Waals surface area contributed by atoms with Crippen LogP contribution >= 0.6 is 0 Å². The average Bonchev–Trinajstić information content (AvgIpc) is 3.48. The van der Waals surface area contributed by atoms with Crippen molar-refractivity contribution in [1.82, 2.24) is 34.7 Å². The number of tetrazole rings is 1. The maximum atomic E-state index is 13.2. The molecular weight excluding hydrogens is 390 g/mol. The molecule has 1 saturated heterocycles. The fourth-order valence-corrected chi connectivity index (χ4v) is 4.46. The molecule has 0 N–H and O–H groups in total. The lowest BCUT2D eigenvalue weighted by Crippen LogP contribution is -2.39. The minimum absolute atomic E-state index is 0.0612. The van der Waals surface area contributed by atoms with E-state index in [1.807, 2.05) is 35.2 Å². The summed E-state index contributed by atoms with van der Waals surface area (Å²) in [6, 6.07) is 15.7.